The predicted octanol–water partition coefficient (Wildman–Crippen LogP) is 5.79. The lowest BCUT2D eigenvalue weighted by atomic mass is 10.0. The average Bonchev–Trinajstić information content (AvgIpc) is 2.86. The summed E-state index contributed by atoms with van der Waals surface area (Å²) in [6.07, 6.45) is 3.03. The molecule has 0 unspecified atom stereocenters. The van der Waals surface area contributed by atoms with Crippen LogP contribution in [0.5, 0.6) is 17.2 Å². The van der Waals surface area contributed by atoms with Gasteiger partial charge in [-0.2, -0.15) is 0 Å². The first-order valence-corrected chi connectivity index (χ1v) is 10.9. The SMILES string of the molecule is COc1cc(C=Cc2ccc([N+](=O)[O-])cc2[N+](=O)[O-])ccc1OC(=O)COc1ccc(C(C)C)cc1. The van der Waals surface area contributed by atoms with Crippen LogP contribution in [0.4, 0.5) is 11.4 Å². The number of benzene rings is 3. The highest BCUT2D eigenvalue weighted by Crippen LogP contribution is 2.30. The monoisotopic (exact) mass is 492 g/mol. The summed E-state index contributed by atoms with van der Waals surface area (Å²) in [7, 11) is 1.41. The average molecular weight is 492 g/mol. The number of hydrogen-bond donors (Lipinski definition) is 0. The fraction of sp³-hybridized carbons (Fsp3) is 0.192. The van der Waals surface area contributed by atoms with Crippen LogP contribution in [0.1, 0.15) is 36.5 Å². The highest BCUT2D eigenvalue weighted by Gasteiger charge is 2.18. The zero-order chi connectivity index (χ0) is 26.2. The lowest BCUT2D eigenvalue weighted by Gasteiger charge is -2.11. The van der Waals surface area contributed by atoms with Crippen molar-refractivity contribution in [2.75, 3.05) is 13.7 Å². The van der Waals surface area contributed by atoms with E-state index in [1.807, 2.05) is 12.1 Å². The summed E-state index contributed by atoms with van der Waals surface area (Å²) in [5.41, 5.74) is 1.19. The number of nitrogens with zero attached hydrogens (tertiary/aromatic N) is 2. The molecule has 0 aromatic heterocycles. The van der Waals surface area contributed by atoms with Crippen LogP contribution in [-0.4, -0.2) is 29.5 Å². The molecule has 0 heterocycles. The molecule has 10 nitrogen and oxygen atoms in total. The Kier molecular flexibility index (Phi) is 8.35. The van der Waals surface area contributed by atoms with Gasteiger partial charge in [0.2, 0.25) is 0 Å². The highest BCUT2D eigenvalue weighted by molar-refractivity contribution is 5.77. The number of methoxy groups -OCH3 is 1. The molecule has 0 spiro atoms. The van der Waals surface area contributed by atoms with Gasteiger partial charge in [0.05, 0.1) is 28.6 Å². The summed E-state index contributed by atoms with van der Waals surface area (Å²) in [5, 5.41) is 22.2. The van der Waals surface area contributed by atoms with E-state index in [2.05, 4.69) is 13.8 Å². The molecule has 0 saturated heterocycles. The van der Waals surface area contributed by atoms with E-state index >= 15 is 0 Å². The summed E-state index contributed by atoms with van der Waals surface area (Å²) >= 11 is 0. The molecule has 0 atom stereocenters. The van der Waals surface area contributed by atoms with Gasteiger partial charge in [0.1, 0.15) is 5.75 Å². The van der Waals surface area contributed by atoms with E-state index in [9.17, 15) is 25.0 Å². The Balaban J connectivity index is 1.68. The van der Waals surface area contributed by atoms with Crippen molar-refractivity contribution in [1.82, 2.24) is 0 Å². The van der Waals surface area contributed by atoms with Gasteiger partial charge in [-0.25, -0.2) is 4.79 Å². The molecule has 186 valence electrons. The molecule has 3 rings (SSSR count). The van der Waals surface area contributed by atoms with Crippen LogP contribution in [-0.2, 0) is 4.79 Å². The Morgan fingerprint density at radius 3 is 2.25 bits per heavy atom. The van der Waals surface area contributed by atoms with Crippen molar-refractivity contribution < 1.29 is 28.9 Å². The number of carbonyl (C=O) groups excluding carboxylic acids is 1. The molecule has 10 heteroatoms. The third-order valence-corrected chi connectivity index (χ3v) is 5.19. The number of rotatable bonds is 10. The quantitative estimate of drug-likeness (QED) is 0.114. The number of non-ortho nitro benzene ring substituents is 1. The number of nitro groups is 2. The Hall–Kier alpha value is -4.73. The minimum absolute atomic E-state index is 0.180. The molecular formula is C26H24N2O8. The van der Waals surface area contributed by atoms with Crippen LogP contribution in [0.3, 0.4) is 0 Å². The topological polar surface area (TPSA) is 131 Å². The van der Waals surface area contributed by atoms with Gasteiger partial charge in [-0.1, -0.05) is 38.1 Å². The van der Waals surface area contributed by atoms with Gasteiger partial charge in [0.25, 0.3) is 11.4 Å². The molecular weight excluding hydrogens is 468 g/mol. The van der Waals surface area contributed by atoms with E-state index in [4.69, 9.17) is 14.2 Å². The van der Waals surface area contributed by atoms with Crippen LogP contribution in [0, 0.1) is 20.2 Å². The van der Waals surface area contributed by atoms with E-state index in [0.717, 1.165) is 11.6 Å². The van der Waals surface area contributed by atoms with Gasteiger partial charge in [-0.05, 0) is 53.5 Å². The number of nitro benzene ring substituents is 2. The third kappa shape index (κ3) is 6.66. The van der Waals surface area contributed by atoms with Gasteiger partial charge in [-0.3, -0.25) is 20.2 Å². The maximum atomic E-state index is 12.3. The zero-order valence-electron chi connectivity index (χ0n) is 19.9. The first-order valence-electron chi connectivity index (χ1n) is 10.9. The van der Waals surface area contributed by atoms with E-state index in [1.54, 1.807) is 30.3 Å². The number of carbonyl (C=O) groups is 1. The molecule has 36 heavy (non-hydrogen) atoms. The number of esters is 1. The van der Waals surface area contributed by atoms with Gasteiger partial charge < -0.3 is 14.2 Å². The van der Waals surface area contributed by atoms with Crippen molar-refractivity contribution in [3.63, 3.8) is 0 Å². The molecule has 0 aliphatic rings. The van der Waals surface area contributed by atoms with E-state index < -0.39 is 21.5 Å². The maximum absolute atomic E-state index is 12.3. The summed E-state index contributed by atoms with van der Waals surface area (Å²) in [6.45, 7) is 3.87. The summed E-state index contributed by atoms with van der Waals surface area (Å²) in [4.78, 5) is 33.1. The predicted molar refractivity (Wildman–Crippen MR) is 133 cm³/mol. The van der Waals surface area contributed by atoms with E-state index in [0.29, 0.717) is 17.2 Å². The molecule has 0 fully saturated rings. The summed E-state index contributed by atoms with van der Waals surface area (Å²) < 4.78 is 16.2. The van der Waals surface area contributed by atoms with Crippen LogP contribution >= 0.6 is 0 Å². The van der Waals surface area contributed by atoms with E-state index in [1.165, 1.54) is 31.4 Å². The smallest absolute Gasteiger partial charge is 0.349 e. The van der Waals surface area contributed by atoms with Crippen LogP contribution in [0.15, 0.2) is 60.7 Å². The van der Waals surface area contributed by atoms with Gasteiger partial charge in [-0.15, -0.1) is 0 Å². The minimum Gasteiger partial charge on any atom is -0.493 e. The van der Waals surface area contributed by atoms with Crippen molar-refractivity contribution in [2.24, 2.45) is 0 Å². The summed E-state index contributed by atoms with van der Waals surface area (Å²) in [5.74, 6) is 0.762. The minimum atomic E-state index is -0.696. The number of ether oxygens (including phenoxy) is 3. The zero-order valence-corrected chi connectivity index (χ0v) is 19.9. The second-order valence-electron chi connectivity index (χ2n) is 7.99. The first-order chi connectivity index (χ1) is 17.2. The van der Waals surface area contributed by atoms with Gasteiger partial charge >= 0.3 is 5.97 Å². The standard InChI is InChI=1S/C26H24N2O8/c1-17(2)19-8-11-22(12-9-19)35-16-26(29)36-24-13-5-18(14-25(24)34-3)4-6-20-7-10-21(27(30)31)15-23(20)28(32)33/h4-15,17H,16H2,1-3H3. The van der Waals surface area contributed by atoms with Gasteiger partial charge in [0, 0.05) is 6.07 Å². The highest BCUT2D eigenvalue weighted by atomic mass is 16.6. The largest absolute Gasteiger partial charge is 0.493 e. The lowest BCUT2D eigenvalue weighted by Crippen LogP contribution is -2.18. The van der Waals surface area contributed by atoms with Crippen molar-refractivity contribution in [3.05, 3.63) is 97.6 Å². The molecule has 3 aromatic rings. The fourth-order valence-corrected chi connectivity index (χ4v) is 3.25. The number of hydrogen-bond acceptors (Lipinski definition) is 8. The van der Waals surface area contributed by atoms with Crippen molar-refractivity contribution >= 4 is 29.5 Å². The summed E-state index contributed by atoms with van der Waals surface area (Å²) in [6, 6.07) is 15.6. The molecule has 0 saturated carbocycles. The third-order valence-electron chi connectivity index (χ3n) is 5.19. The molecule has 0 aliphatic carbocycles. The van der Waals surface area contributed by atoms with Gasteiger partial charge in [0.15, 0.2) is 18.1 Å². The maximum Gasteiger partial charge on any atom is 0.349 e. The Morgan fingerprint density at radius 1 is 0.917 bits per heavy atom. The Bertz CT molecular complexity index is 1300. The second-order valence-corrected chi connectivity index (χ2v) is 7.99. The van der Waals surface area contributed by atoms with Crippen molar-refractivity contribution in [1.29, 1.82) is 0 Å². The van der Waals surface area contributed by atoms with Crippen LogP contribution in [0.25, 0.3) is 12.2 Å². The fourth-order valence-electron chi connectivity index (χ4n) is 3.25. The first kappa shape index (κ1) is 25.9. The van der Waals surface area contributed by atoms with Crippen molar-refractivity contribution in [2.45, 2.75) is 19.8 Å². The lowest BCUT2D eigenvalue weighted by molar-refractivity contribution is -0.394. The molecule has 0 aliphatic heterocycles. The normalized spacial score (nSPS) is 10.9. The Morgan fingerprint density at radius 2 is 1.64 bits per heavy atom. The van der Waals surface area contributed by atoms with Crippen LogP contribution < -0.4 is 14.2 Å². The molecule has 0 amide bonds. The molecule has 3 aromatic carbocycles. The molecule has 0 N–H and O–H groups in total. The molecule has 0 radical (unpaired) electrons. The molecule has 0 bridgehead atoms. The van der Waals surface area contributed by atoms with Crippen molar-refractivity contribution in [3.8, 4) is 17.2 Å². The van der Waals surface area contributed by atoms with Crippen LogP contribution in [0.2, 0.25) is 0 Å². The second kappa shape index (κ2) is 11.6. The Labute approximate surface area is 207 Å². The van der Waals surface area contributed by atoms with E-state index in [-0.39, 0.29) is 29.4 Å².